The Morgan fingerprint density at radius 2 is 2.33 bits per heavy atom. The summed E-state index contributed by atoms with van der Waals surface area (Å²) in [5, 5.41) is 7.53. The molecule has 0 unspecified atom stereocenters. The minimum Gasteiger partial charge on any atom is -0.326 e. The van der Waals surface area contributed by atoms with Crippen LogP contribution in [0.15, 0.2) is 22.2 Å². The molecule has 1 aliphatic rings. The number of thiazole rings is 1. The summed E-state index contributed by atoms with van der Waals surface area (Å²) in [4.78, 5) is 7.07. The highest BCUT2D eigenvalue weighted by molar-refractivity contribution is 7.14. The van der Waals surface area contributed by atoms with Crippen LogP contribution in [0.1, 0.15) is 12.1 Å². The topological polar surface area (TPSA) is 42.1 Å². The van der Waals surface area contributed by atoms with Crippen LogP contribution in [0.4, 0.5) is 0 Å². The molecule has 1 atom stereocenters. The van der Waals surface area contributed by atoms with Gasteiger partial charge in [0.25, 0.3) is 0 Å². The first-order valence-electron chi connectivity index (χ1n) is 5.76. The molecule has 0 saturated carbocycles. The summed E-state index contributed by atoms with van der Waals surface area (Å²) in [5.41, 5.74) is 8.31. The first kappa shape index (κ1) is 14.0. The third-order valence-corrected chi connectivity index (χ3v) is 4.64. The lowest BCUT2D eigenvalue weighted by Gasteiger charge is -2.12. The van der Waals surface area contributed by atoms with Crippen molar-refractivity contribution in [1.29, 1.82) is 0 Å². The maximum atomic E-state index is 5.90. The molecule has 98 valence electrons. The van der Waals surface area contributed by atoms with Gasteiger partial charge in [-0.05, 0) is 17.9 Å². The Bertz CT molecular complexity index is 483. The smallest absolute Gasteiger partial charge is 0.124 e. The highest BCUT2D eigenvalue weighted by atomic mass is 35.5. The van der Waals surface area contributed by atoms with Gasteiger partial charge in [-0.1, -0.05) is 0 Å². The van der Waals surface area contributed by atoms with E-state index in [9.17, 15) is 0 Å². The minimum absolute atomic E-state index is 0. The quantitative estimate of drug-likeness (QED) is 0.948. The van der Waals surface area contributed by atoms with Crippen molar-refractivity contribution in [3.05, 3.63) is 27.9 Å². The number of likely N-dealkylation sites (tertiary alicyclic amines) is 1. The molecule has 3 nitrogen and oxygen atoms in total. The molecule has 0 spiro atoms. The third-order valence-electron chi connectivity index (χ3n) is 3.01. The highest BCUT2D eigenvalue weighted by Crippen LogP contribution is 2.26. The molecule has 2 N–H and O–H groups in total. The Labute approximate surface area is 121 Å². The van der Waals surface area contributed by atoms with E-state index in [0.29, 0.717) is 6.04 Å². The molecule has 0 aromatic carbocycles. The lowest BCUT2D eigenvalue weighted by molar-refractivity contribution is 0.323. The maximum absolute atomic E-state index is 5.90. The van der Waals surface area contributed by atoms with Gasteiger partial charge in [0, 0.05) is 42.0 Å². The fourth-order valence-corrected chi connectivity index (χ4v) is 3.66. The number of nitrogens with zero attached hydrogens (tertiary/aromatic N) is 2. The summed E-state index contributed by atoms with van der Waals surface area (Å²) in [6, 6.07) is 2.48. The maximum Gasteiger partial charge on any atom is 0.124 e. The van der Waals surface area contributed by atoms with Crippen molar-refractivity contribution in [2.45, 2.75) is 19.0 Å². The Balaban J connectivity index is 0.00000120. The second-order valence-corrected chi connectivity index (χ2v) is 6.08. The molecule has 18 heavy (non-hydrogen) atoms. The summed E-state index contributed by atoms with van der Waals surface area (Å²) in [6.07, 6.45) is 1.11. The van der Waals surface area contributed by atoms with E-state index in [-0.39, 0.29) is 12.4 Å². The number of rotatable bonds is 3. The van der Waals surface area contributed by atoms with Crippen LogP contribution in [-0.2, 0) is 6.54 Å². The second kappa shape index (κ2) is 6.12. The minimum atomic E-state index is 0. The zero-order valence-electron chi connectivity index (χ0n) is 9.91. The molecule has 1 saturated heterocycles. The van der Waals surface area contributed by atoms with Crippen LogP contribution < -0.4 is 5.73 Å². The van der Waals surface area contributed by atoms with Crippen LogP contribution in [0.5, 0.6) is 0 Å². The summed E-state index contributed by atoms with van der Waals surface area (Å²) >= 11 is 3.45. The molecular formula is C12H16ClN3S2. The molecule has 3 rings (SSSR count). The van der Waals surface area contributed by atoms with E-state index in [2.05, 4.69) is 32.1 Å². The van der Waals surface area contributed by atoms with Crippen molar-refractivity contribution in [2.24, 2.45) is 5.73 Å². The molecule has 1 fully saturated rings. The number of halogens is 1. The Kier molecular flexibility index (Phi) is 4.75. The number of thiophene rings is 1. The molecule has 0 radical (unpaired) electrons. The van der Waals surface area contributed by atoms with Gasteiger partial charge in [-0.2, -0.15) is 11.3 Å². The SMILES string of the molecule is Cl.N[C@H]1CCN(Cc2csc(-c3ccsc3)n2)C1. The Morgan fingerprint density at radius 1 is 1.44 bits per heavy atom. The molecule has 1 aliphatic heterocycles. The molecule has 6 heteroatoms. The van der Waals surface area contributed by atoms with Crippen LogP contribution >= 0.6 is 35.1 Å². The Morgan fingerprint density at radius 3 is 3.00 bits per heavy atom. The van der Waals surface area contributed by atoms with Gasteiger partial charge in [0.2, 0.25) is 0 Å². The predicted octanol–water partition coefficient (Wildman–Crippen LogP) is 2.83. The second-order valence-electron chi connectivity index (χ2n) is 4.44. The lowest BCUT2D eigenvalue weighted by Crippen LogP contribution is -2.26. The fourth-order valence-electron chi connectivity index (χ4n) is 2.13. The third kappa shape index (κ3) is 3.10. The van der Waals surface area contributed by atoms with Crippen LogP contribution in [0.3, 0.4) is 0 Å². The van der Waals surface area contributed by atoms with Crippen molar-refractivity contribution in [3.63, 3.8) is 0 Å². The summed E-state index contributed by atoms with van der Waals surface area (Å²) in [5.74, 6) is 0. The van der Waals surface area contributed by atoms with Crippen molar-refractivity contribution in [1.82, 2.24) is 9.88 Å². The normalized spacial score (nSPS) is 19.9. The first-order chi connectivity index (χ1) is 8.31. The van der Waals surface area contributed by atoms with E-state index in [1.807, 2.05) is 0 Å². The van der Waals surface area contributed by atoms with E-state index in [0.717, 1.165) is 31.1 Å². The number of aromatic nitrogens is 1. The van der Waals surface area contributed by atoms with Gasteiger partial charge in [-0.3, -0.25) is 4.90 Å². The molecule has 2 aromatic rings. The summed E-state index contributed by atoms with van der Waals surface area (Å²) in [7, 11) is 0. The molecule has 0 amide bonds. The van der Waals surface area contributed by atoms with Gasteiger partial charge < -0.3 is 5.73 Å². The average Bonchev–Trinajstić information content (AvgIpc) is 3.00. The van der Waals surface area contributed by atoms with Gasteiger partial charge in [0.05, 0.1) is 5.69 Å². The van der Waals surface area contributed by atoms with E-state index in [1.165, 1.54) is 11.3 Å². The number of nitrogens with two attached hydrogens (primary N) is 1. The predicted molar refractivity (Wildman–Crippen MR) is 80.5 cm³/mol. The molecule has 2 aromatic heterocycles. The van der Waals surface area contributed by atoms with Crippen molar-refractivity contribution in [3.8, 4) is 10.6 Å². The zero-order valence-corrected chi connectivity index (χ0v) is 12.4. The first-order valence-corrected chi connectivity index (χ1v) is 7.58. The van der Waals surface area contributed by atoms with E-state index >= 15 is 0 Å². The molecule has 0 bridgehead atoms. The van der Waals surface area contributed by atoms with Gasteiger partial charge in [-0.25, -0.2) is 4.98 Å². The fraction of sp³-hybridized carbons (Fsp3) is 0.417. The van der Waals surface area contributed by atoms with E-state index in [4.69, 9.17) is 5.73 Å². The van der Waals surface area contributed by atoms with Crippen molar-refractivity contribution >= 4 is 35.1 Å². The molecule has 3 heterocycles. The average molecular weight is 302 g/mol. The summed E-state index contributed by atoms with van der Waals surface area (Å²) < 4.78 is 0. The number of hydrogen-bond donors (Lipinski definition) is 1. The van der Waals surface area contributed by atoms with E-state index in [1.54, 1.807) is 22.7 Å². The van der Waals surface area contributed by atoms with Gasteiger partial charge >= 0.3 is 0 Å². The van der Waals surface area contributed by atoms with Crippen LogP contribution in [0, 0.1) is 0 Å². The lowest BCUT2D eigenvalue weighted by atomic mass is 10.3. The molecule has 0 aliphatic carbocycles. The van der Waals surface area contributed by atoms with Gasteiger partial charge in [0.1, 0.15) is 5.01 Å². The van der Waals surface area contributed by atoms with Crippen molar-refractivity contribution in [2.75, 3.05) is 13.1 Å². The van der Waals surface area contributed by atoms with Crippen molar-refractivity contribution < 1.29 is 0 Å². The monoisotopic (exact) mass is 301 g/mol. The molecular weight excluding hydrogens is 286 g/mol. The van der Waals surface area contributed by atoms with Gasteiger partial charge in [0.15, 0.2) is 0 Å². The van der Waals surface area contributed by atoms with Crippen LogP contribution in [0.25, 0.3) is 10.6 Å². The van der Waals surface area contributed by atoms with Gasteiger partial charge in [-0.15, -0.1) is 23.7 Å². The van der Waals surface area contributed by atoms with Crippen LogP contribution in [0.2, 0.25) is 0 Å². The van der Waals surface area contributed by atoms with Crippen LogP contribution in [-0.4, -0.2) is 29.0 Å². The largest absolute Gasteiger partial charge is 0.326 e. The highest BCUT2D eigenvalue weighted by Gasteiger charge is 2.19. The zero-order chi connectivity index (χ0) is 11.7. The Hall–Kier alpha value is -0.460. The summed E-state index contributed by atoms with van der Waals surface area (Å²) in [6.45, 7) is 3.05. The standard InChI is InChI=1S/C12H15N3S2.ClH/c13-10-1-3-15(5-10)6-11-8-17-12(14-11)9-2-4-16-7-9;/h2,4,7-8,10H,1,3,5-6,13H2;1H/t10-;/m0./s1. The van der Waals surface area contributed by atoms with E-state index < -0.39 is 0 Å². The number of hydrogen-bond acceptors (Lipinski definition) is 5.